The predicted molar refractivity (Wildman–Crippen MR) is 73.2 cm³/mol. The summed E-state index contributed by atoms with van der Waals surface area (Å²) in [4.78, 5) is 1.56. The largest absolute Gasteiger partial charge is 0.139 e. The molecule has 2 rings (SSSR count). The maximum atomic E-state index is 2.48. The number of benzene rings is 1. The fraction of sp³-hybridized carbons (Fsp3) is 0.333. The molecule has 2 heteroatoms. The third-order valence-corrected chi connectivity index (χ3v) is 5.19. The first-order chi connectivity index (χ1) is 6.83. The fourth-order valence-corrected chi connectivity index (χ4v) is 3.95. The minimum absolute atomic E-state index is 1.24. The van der Waals surface area contributed by atoms with Crippen LogP contribution in [0.15, 0.2) is 24.3 Å². The zero-order valence-electron chi connectivity index (χ0n) is 8.22. The molecule has 0 unspecified atom stereocenters. The second kappa shape index (κ2) is 4.62. The fourth-order valence-electron chi connectivity index (χ4n) is 1.56. The van der Waals surface area contributed by atoms with Gasteiger partial charge in [0.05, 0.1) is 0 Å². The Kier molecular flexibility index (Phi) is 3.44. The van der Waals surface area contributed by atoms with Crippen molar-refractivity contribution in [2.24, 2.45) is 0 Å². The Labute approximate surface area is 102 Å². The molecule has 0 aliphatic heterocycles. The van der Waals surface area contributed by atoms with Crippen LogP contribution in [-0.4, -0.2) is 0 Å². The van der Waals surface area contributed by atoms with Crippen LogP contribution in [0.5, 0.6) is 0 Å². The topological polar surface area (TPSA) is 0 Å². The molecule has 1 heterocycles. The van der Waals surface area contributed by atoms with Gasteiger partial charge < -0.3 is 0 Å². The van der Waals surface area contributed by atoms with Crippen molar-refractivity contribution < 1.29 is 0 Å². The number of halogens is 1. The van der Waals surface area contributed by atoms with Gasteiger partial charge in [0.15, 0.2) is 0 Å². The average Bonchev–Trinajstić information content (AvgIpc) is 2.54. The van der Waals surface area contributed by atoms with Gasteiger partial charge in [-0.25, -0.2) is 0 Å². The molecule has 1 aromatic carbocycles. The van der Waals surface area contributed by atoms with Gasteiger partial charge in [0, 0.05) is 18.5 Å². The molecule has 0 N–H and O–H groups in total. The Bertz CT molecular complexity index is 431. The molecule has 0 amide bonds. The quantitative estimate of drug-likeness (QED) is 0.710. The van der Waals surface area contributed by atoms with Crippen molar-refractivity contribution in [1.82, 2.24) is 0 Å². The van der Waals surface area contributed by atoms with Gasteiger partial charge in [-0.3, -0.25) is 0 Å². The first-order valence-electron chi connectivity index (χ1n) is 4.99. The van der Waals surface area contributed by atoms with Gasteiger partial charge in [0.25, 0.3) is 0 Å². The zero-order valence-corrected chi connectivity index (χ0v) is 11.2. The van der Waals surface area contributed by atoms with Crippen molar-refractivity contribution in [3.05, 3.63) is 32.7 Å². The second-order valence-corrected chi connectivity index (χ2v) is 5.65. The number of rotatable bonds is 3. The molecule has 0 fully saturated rings. The van der Waals surface area contributed by atoms with E-state index in [0.717, 1.165) is 0 Å². The van der Waals surface area contributed by atoms with Crippen LogP contribution in [-0.2, 0) is 6.42 Å². The van der Waals surface area contributed by atoms with E-state index in [0.29, 0.717) is 0 Å². The molecular formula is C12H13IS. The highest BCUT2D eigenvalue weighted by Gasteiger charge is 2.07. The molecule has 14 heavy (non-hydrogen) atoms. The normalized spacial score (nSPS) is 11.0. The third-order valence-electron chi connectivity index (χ3n) is 2.36. The van der Waals surface area contributed by atoms with E-state index >= 15 is 0 Å². The van der Waals surface area contributed by atoms with Crippen molar-refractivity contribution in [3.8, 4) is 0 Å². The van der Waals surface area contributed by atoms with Gasteiger partial charge in [0.2, 0.25) is 0 Å². The van der Waals surface area contributed by atoms with Crippen molar-refractivity contribution >= 4 is 44.0 Å². The van der Waals surface area contributed by atoms with Crippen molar-refractivity contribution in [1.29, 1.82) is 0 Å². The molecule has 0 saturated carbocycles. The number of aryl methyl sites for hydroxylation is 1. The predicted octanol–water partition coefficient (Wildman–Crippen LogP) is 4.85. The summed E-state index contributed by atoms with van der Waals surface area (Å²) in [6.07, 6.45) is 3.83. The van der Waals surface area contributed by atoms with Crippen LogP contribution in [0.2, 0.25) is 0 Å². The van der Waals surface area contributed by atoms with E-state index in [1.807, 2.05) is 11.3 Å². The summed E-state index contributed by atoms with van der Waals surface area (Å²) < 4.78 is 2.90. The van der Waals surface area contributed by atoms with E-state index < -0.39 is 0 Å². The average molecular weight is 316 g/mol. The lowest BCUT2D eigenvalue weighted by Gasteiger charge is -1.95. The lowest BCUT2D eigenvalue weighted by atomic mass is 10.2. The molecule has 0 atom stereocenters. The summed E-state index contributed by atoms with van der Waals surface area (Å²) in [5, 5.41) is 1.43. The molecule has 0 bridgehead atoms. The molecule has 0 spiro atoms. The van der Waals surface area contributed by atoms with Gasteiger partial charge in [-0.2, -0.15) is 0 Å². The number of thiophene rings is 1. The first kappa shape index (κ1) is 10.4. The summed E-state index contributed by atoms with van der Waals surface area (Å²) >= 11 is 4.44. The zero-order chi connectivity index (χ0) is 9.97. The number of fused-ring (bicyclic) bond motifs is 1. The SMILES string of the molecule is CCCCc1sc2ccccc2c1I. The number of hydrogen-bond acceptors (Lipinski definition) is 1. The molecule has 2 aromatic rings. The molecule has 0 aliphatic rings. The molecule has 0 nitrogen and oxygen atoms in total. The molecule has 0 radical (unpaired) electrons. The maximum absolute atomic E-state index is 2.48. The van der Waals surface area contributed by atoms with Crippen LogP contribution < -0.4 is 0 Å². The number of unbranched alkanes of at least 4 members (excludes halogenated alkanes) is 1. The molecule has 1 aromatic heterocycles. The van der Waals surface area contributed by atoms with E-state index in [1.54, 1.807) is 4.88 Å². The Morgan fingerprint density at radius 1 is 1.29 bits per heavy atom. The highest BCUT2D eigenvalue weighted by Crippen LogP contribution is 2.33. The Morgan fingerprint density at radius 3 is 2.79 bits per heavy atom. The highest BCUT2D eigenvalue weighted by atomic mass is 127. The minimum Gasteiger partial charge on any atom is -0.139 e. The van der Waals surface area contributed by atoms with E-state index in [9.17, 15) is 0 Å². The molecule has 74 valence electrons. The second-order valence-electron chi connectivity index (χ2n) is 3.44. The molecule has 0 saturated heterocycles. The minimum atomic E-state index is 1.24. The van der Waals surface area contributed by atoms with Crippen LogP contribution in [0.25, 0.3) is 10.1 Å². The third kappa shape index (κ3) is 1.96. The summed E-state index contributed by atoms with van der Waals surface area (Å²) in [5.74, 6) is 0. The summed E-state index contributed by atoms with van der Waals surface area (Å²) in [6.45, 7) is 2.25. The first-order valence-corrected chi connectivity index (χ1v) is 6.88. The standard InChI is InChI=1S/C12H13IS/c1-2-3-7-11-12(13)9-6-4-5-8-10(9)14-11/h4-6,8H,2-3,7H2,1H3. The lowest BCUT2D eigenvalue weighted by molar-refractivity contribution is 0.802. The van der Waals surface area contributed by atoms with Crippen molar-refractivity contribution in [3.63, 3.8) is 0 Å². The van der Waals surface area contributed by atoms with Gasteiger partial charge in [0.1, 0.15) is 0 Å². The molecule has 0 aliphatic carbocycles. The van der Waals surface area contributed by atoms with E-state index in [1.165, 1.54) is 32.9 Å². The van der Waals surface area contributed by atoms with E-state index in [4.69, 9.17) is 0 Å². The summed E-state index contributed by atoms with van der Waals surface area (Å²) in [7, 11) is 0. The summed E-state index contributed by atoms with van der Waals surface area (Å²) in [5.41, 5.74) is 0. The van der Waals surface area contributed by atoms with Crippen LogP contribution in [0.3, 0.4) is 0 Å². The van der Waals surface area contributed by atoms with Crippen LogP contribution in [0.4, 0.5) is 0 Å². The van der Waals surface area contributed by atoms with Gasteiger partial charge in [-0.05, 0) is 41.5 Å². The summed E-state index contributed by atoms with van der Waals surface area (Å²) in [6, 6.07) is 8.69. The Morgan fingerprint density at radius 2 is 2.07 bits per heavy atom. The number of hydrogen-bond donors (Lipinski definition) is 0. The highest BCUT2D eigenvalue weighted by molar-refractivity contribution is 14.1. The van der Waals surface area contributed by atoms with Crippen LogP contribution in [0.1, 0.15) is 24.6 Å². The van der Waals surface area contributed by atoms with E-state index in [-0.39, 0.29) is 0 Å². The van der Waals surface area contributed by atoms with E-state index in [2.05, 4.69) is 53.8 Å². The van der Waals surface area contributed by atoms with Crippen molar-refractivity contribution in [2.75, 3.05) is 0 Å². The Hall–Kier alpha value is -0.0900. The van der Waals surface area contributed by atoms with Gasteiger partial charge in [-0.1, -0.05) is 31.5 Å². The van der Waals surface area contributed by atoms with Gasteiger partial charge in [-0.15, -0.1) is 11.3 Å². The van der Waals surface area contributed by atoms with Crippen molar-refractivity contribution in [2.45, 2.75) is 26.2 Å². The van der Waals surface area contributed by atoms with Crippen LogP contribution >= 0.6 is 33.9 Å². The lowest BCUT2D eigenvalue weighted by Crippen LogP contribution is -1.81. The smallest absolute Gasteiger partial charge is 0.0356 e. The Balaban J connectivity index is 2.41. The van der Waals surface area contributed by atoms with Crippen LogP contribution in [0, 0.1) is 3.57 Å². The molecular weight excluding hydrogens is 303 g/mol. The monoisotopic (exact) mass is 316 g/mol. The maximum Gasteiger partial charge on any atom is 0.0356 e. The van der Waals surface area contributed by atoms with Gasteiger partial charge >= 0.3 is 0 Å².